The first-order valence-corrected chi connectivity index (χ1v) is 10.4. The number of benzene rings is 2. The van der Waals surface area contributed by atoms with Crippen molar-refractivity contribution in [1.82, 2.24) is 4.57 Å². The molecule has 184 valence electrons. The highest BCUT2D eigenvalue weighted by molar-refractivity contribution is 6.10. The number of carbonyl (C=O) groups excluding carboxylic acids is 1. The molecule has 0 atom stereocenters. The number of hydrogen-bond acceptors (Lipinski definition) is 5. The van der Waals surface area contributed by atoms with Crippen LogP contribution in [-0.4, -0.2) is 36.9 Å². The Morgan fingerprint density at radius 2 is 1.83 bits per heavy atom. The van der Waals surface area contributed by atoms with Crippen LogP contribution in [0.15, 0.2) is 76.8 Å². The van der Waals surface area contributed by atoms with Crippen molar-refractivity contribution < 1.29 is 27.4 Å². The van der Waals surface area contributed by atoms with Crippen molar-refractivity contribution in [2.75, 3.05) is 24.0 Å². The second-order valence-electron chi connectivity index (χ2n) is 7.29. The Bertz CT molecular complexity index is 1240. The number of nitrogens with one attached hydrogen (secondary N) is 1. The summed E-state index contributed by atoms with van der Waals surface area (Å²) in [6.45, 7) is 2.52. The first-order valence-electron chi connectivity index (χ1n) is 10.4. The van der Waals surface area contributed by atoms with Gasteiger partial charge in [0, 0.05) is 25.4 Å². The monoisotopic (exact) mass is 488 g/mol. The van der Waals surface area contributed by atoms with Crippen LogP contribution in [0.1, 0.15) is 11.1 Å². The fourth-order valence-corrected chi connectivity index (χ4v) is 3.16. The van der Waals surface area contributed by atoms with Crippen LogP contribution in [0, 0.1) is 6.92 Å². The average Bonchev–Trinajstić information content (AvgIpc) is 2.82. The second kappa shape index (κ2) is 11.3. The van der Waals surface area contributed by atoms with Crippen molar-refractivity contribution in [3.05, 3.63) is 88.3 Å². The van der Waals surface area contributed by atoms with E-state index in [2.05, 4.69) is 15.2 Å². The van der Waals surface area contributed by atoms with Gasteiger partial charge in [-0.05, 0) is 48.9 Å². The lowest BCUT2D eigenvalue weighted by atomic mass is 10.1. The van der Waals surface area contributed by atoms with E-state index in [4.69, 9.17) is 4.74 Å². The third-order valence-electron chi connectivity index (χ3n) is 4.85. The Balaban J connectivity index is 2.00. The number of aromatic nitrogens is 1. The Labute approximate surface area is 199 Å². The van der Waals surface area contributed by atoms with Crippen LogP contribution in [0.3, 0.4) is 0 Å². The summed E-state index contributed by atoms with van der Waals surface area (Å²) >= 11 is 0. The molecule has 0 aliphatic carbocycles. The van der Waals surface area contributed by atoms with E-state index in [0.29, 0.717) is 25.1 Å². The van der Waals surface area contributed by atoms with Gasteiger partial charge in [-0.3, -0.25) is 9.59 Å². The van der Waals surface area contributed by atoms with Crippen molar-refractivity contribution in [3.8, 4) is 5.75 Å². The number of pyridine rings is 1. The molecule has 0 aliphatic heterocycles. The number of carbonyl (C=O) groups is 1. The van der Waals surface area contributed by atoms with Gasteiger partial charge < -0.3 is 19.4 Å². The number of amides is 1. The molecular formula is C24H23F3N4O4. The molecule has 0 unspecified atom stereocenters. The summed E-state index contributed by atoms with van der Waals surface area (Å²) in [6, 6.07) is 15.1. The van der Waals surface area contributed by atoms with Gasteiger partial charge in [-0.25, -0.2) is 5.01 Å². The molecule has 11 heteroatoms. The molecule has 0 saturated carbocycles. The smallest absolute Gasteiger partial charge is 0.406 e. The van der Waals surface area contributed by atoms with E-state index in [1.807, 2.05) is 19.1 Å². The lowest BCUT2D eigenvalue weighted by molar-refractivity contribution is -0.274. The van der Waals surface area contributed by atoms with Gasteiger partial charge in [-0.1, -0.05) is 24.3 Å². The number of rotatable bonds is 9. The molecule has 1 aromatic heterocycles. The summed E-state index contributed by atoms with van der Waals surface area (Å²) in [7, 11) is 1.53. The van der Waals surface area contributed by atoms with Crippen molar-refractivity contribution >= 4 is 23.6 Å². The minimum Gasteiger partial charge on any atom is -0.406 e. The summed E-state index contributed by atoms with van der Waals surface area (Å²) < 4.78 is 47.7. The number of methoxy groups -OCH3 is 1. The van der Waals surface area contributed by atoms with Gasteiger partial charge in [0.25, 0.3) is 5.56 Å². The first-order chi connectivity index (χ1) is 16.7. The van der Waals surface area contributed by atoms with Crippen LogP contribution in [0.25, 0.3) is 0 Å². The highest BCUT2D eigenvalue weighted by Gasteiger charge is 2.31. The summed E-state index contributed by atoms with van der Waals surface area (Å²) in [5.74, 6) is -0.248. The van der Waals surface area contributed by atoms with Gasteiger partial charge in [-0.15, -0.1) is 18.3 Å². The molecule has 0 aliphatic rings. The lowest BCUT2D eigenvalue weighted by Gasteiger charge is -2.18. The molecule has 1 heterocycles. The molecule has 0 spiro atoms. The van der Waals surface area contributed by atoms with E-state index in [0.717, 1.165) is 22.7 Å². The summed E-state index contributed by atoms with van der Waals surface area (Å²) in [5.41, 5.74) is 1.51. The quantitative estimate of drug-likeness (QED) is 0.212. The molecule has 3 rings (SSSR count). The summed E-state index contributed by atoms with van der Waals surface area (Å²) in [6.07, 6.45) is -2.81. The van der Waals surface area contributed by atoms with Crippen molar-refractivity contribution in [2.24, 2.45) is 5.10 Å². The third-order valence-corrected chi connectivity index (χ3v) is 4.85. The van der Waals surface area contributed by atoms with E-state index in [9.17, 15) is 22.8 Å². The van der Waals surface area contributed by atoms with Gasteiger partial charge in [0.2, 0.25) is 6.41 Å². The number of hydrogen-bond donors (Lipinski definition) is 1. The summed E-state index contributed by atoms with van der Waals surface area (Å²) in [5, 5.41) is 8.31. The molecule has 35 heavy (non-hydrogen) atoms. The molecule has 1 amide bonds. The average molecular weight is 488 g/mol. The number of hydrazone groups is 1. The van der Waals surface area contributed by atoms with E-state index in [1.54, 1.807) is 30.5 Å². The number of alkyl halides is 3. The Morgan fingerprint density at radius 1 is 1.11 bits per heavy atom. The first kappa shape index (κ1) is 25.5. The Morgan fingerprint density at radius 3 is 2.46 bits per heavy atom. The van der Waals surface area contributed by atoms with Crippen LogP contribution in [-0.2, 0) is 16.1 Å². The SMILES string of the molecule is COCCn1cccc(N/C(=N/N(C=O)c2ccc(OC(F)(F)F)cc2)c2ccccc2C)c1=O. The van der Waals surface area contributed by atoms with Crippen LogP contribution in [0.4, 0.5) is 24.5 Å². The van der Waals surface area contributed by atoms with Crippen molar-refractivity contribution in [3.63, 3.8) is 0 Å². The van der Waals surface area contributed by atoms with Crippen LogP contribution < -0.4 is 20.6 Å². The molecule has 0 saturated heterocycles. The number of aryl methyl sites for hydroxylation is 1. The van der Waals surface area contributed by atoms with Crippen LogP contribution in [0.2, 0.25) is 0 Å². The standard InChI is InChI=1S/C24H23F3N4O4/c1-17-6-3-4-7-20(17)22(28-21-8-5-13-30(23(21)33)14-15-34-2)29-31(16-32)18-9-11-19(12-10-18)35-24(25,26)27/h3-13,16H,14-15H2,1-2H3,(H,28,29). The molecule has 0 fully saturated rings. The topological polar surface area (TPSA) is 85.2 Å². The number of anilines is 2. The minimum atomic E-state index is -4.84. The van der Waals surface area contributed by atoms with Gasteiger partial charge in [0.05, 0.1) is 12.3 Å². The van der Waals surface area contributed by atoms with Crippen molar-refractivity contribution in [2.45, 2.75) is 19.8 Å². The third kappa shape index (κ3) is 6.93. The van der Waals surface area contributed by atoms with Gasteiger partial charge in [-0.2, -0.15) is 0 Å². The molecule has 1 N–H and O–H groups in total. The number of amidine groups is 1. The summed E-state index contributed by atoms with van der Waals surface area (Å²) in [4.78, 5) is 24.8. The zero-order chi connectivity index (χ0) is 25.4. The minimum absolute atomic E-state index is 0.187. The van der Waals surface area contributed by atoms with Crippen LogP contribution in [0.5, 0.6) is 5.75 Å². The Kier molecular flexibility index (Phi) is 8.26. The number of halogens is 3. The van der Waals surface area contributed by atoms with E-state index in [-0.39, 0.29) is 22.8 Å². The fourth-order valence-electron chi connectivity index (χ4n) is 3.16. The predicted molar refractivity (Wildman–Crippen MR) is 126 cm³/mol. The van der Waals surface area contributed by atoms with Gasteiger partial charge in [0.15, 0.2) is 5.84 Å². The predicted octanol–water partition coefficient (Wildman–Crippen LogP) is 4.14. The van der Waals surface area contributed by atoms with Gasteiger partial charge >= 0.3 is 6.36 Å². The lowest BCUT2D eigenvalue weighted by Crippen LogP contribution is -2.29. The maximum absolute atomic E-state index is 12.9. The Hall–Kier alpha value is -4.12. The zero-order valence-electron chi connectivity index (χ0n) is 19.0. The molecule has 2 aromatic carbocycles. The maximum atomic E-state index is 12.9. The second-order valence-corrected chi connectivity index (χ2v) is 7.29. The molecule has 8 nitrogen and oxygen atoms in total. The maximum Gasteiger partial charge on any atom is 0.573 e. The fraction of sp³-hybridized carbons (Fsp3) is 0.208. The highest BCUT2D eigenvalue weighted by Crippen LogP contribution is 2.25. The molecule has 0 bridgehead atoms. The molecule has 3 aromatic rings. The number of ether oxygens (including phenoxy) is 2. The molecular weight excluding hydrogens is 465 g/mol. The van der Waals surface area contributed by atoms with Crippen molar-refractivity contribution in [1.29, 1.82) is 0 Å². The van der Waals surface area contributed by atoms with Gasteiger partial charge in [0.1, 0.15) is 11.4 Å². The number of nitrogens with zero attached hydrogens (tertiary/aromatic N) is 3. The van der Waals surface area contributed by atoms with E-state index < -0.39 is 12.1 Å². The highest BCUT2D eigenvalue weighted by atomic mass is 19.4. The van der Waals surface area contributed by atoms with Crippen LogP contribution >= 0.6 is 0 Å². The molecule has 0 radical (unpaired) electrons. The zero-order valence-corrected chi connectivity index (χ0v) is 19.0. The van der Waals surface area contributed by atoms with E-state index >= 15 is 0 Å². The van der Waals surface area contributed by atoms with E-state index in [1.165, 1.54) is 23.8 Å². The largest absolute Gasteiger partial charge is 0.573 e. The normalized spacial score (nSPS) is 11.7.